The molecule has 0 unspecified atom stereocenters. The Labute approximate surface area is 114 Å². The van der Waals surface area contributed by atoms with E-state index in [9.17, 15) is 0 Å². The largest absolute Gasteiger partial charge is 0.144 e. The molecule has 90 valence electrons. The first-order valence-corrected chi connectivity index (χ1v) is 8.75. The van der Waals surface area contributed by atoms with Gasteiger partial charge in [0.25, 0.3) is 0 Å². The van der Waals surface area contributed by atoms with E-state index in [1.165, 1.54) is 10.1 Å². The summed E-state index contributed by atoms with van der Waals surface area (Å²) in [6, 6.07) is 19.7. The van der Waals surface area contributed by atoms with Crippen LogP contribution in [0.5, 0.6) is 0 Å². The molecule has 18 heavy (non-hydrogen) atoms. The summed E-state index contributed by atoms with van der Waals surface area (Å²) < 4.78 is 1.42. The molecule has 0 radical (unpaired) electrons. The monoisotopic (exact) mass is 268 g/mol. The van der Waals surface area contributed by atoms with E-state index in [-0.39, 0.29) is 9.52 Å². The molecule has 0 aliphatic rings. The van der Waals surface area contributed by atoms with Gasteiger partial charge in [0.05, 0.1) is 9.52 Å². The van der Waals surface area contributed by atoms with Crippen molar-refractivity contribution in [2.45, 2.75) is 12.5 Å². The average Bonchev–Trinajstić information content (AvgIpc) is 2.84. The van der Waals surface area contributed by atoms with Crippen LogP contribution in [-0.4, -0.2) is 9.52 Å². The summed E-state index contributed by atoms with van der Waals surface area (Å²) in [4.78, 5) is 0. The molecule has 0 aliphatic heterocycles. The number of rotatable bonds is 3. The van der Waals surface area contributed by atoms with Gasteiger partial charge < -0.3 is 0 Å². The van der Waals surface area contributed by atoms with Crippen molar-refractivity contribution in [1.82, 2.24) is 0 Å². The Kier molecular flexibility index (Phi) is 3.30. The topological polar surface area (TPSA) is 0 Å². The molecular formula is C16H16SSi. The van der Waals surface area contributed by atoms with E-state index in [0.717, 1.165) is 0 Å². The van der Waals surface area contributed by atoms with Crippen molar-refractivity contribution in [2.75, 3.05) is 0 Å². The molecular weight excluding hydrogens is 252 g/mol. The zero-order chi connectivity index (χ0) is 12.4. The number of hydrogen-bond donors (Lipinski definition) is 0. The lowest BCUT2D eigenvalue weighted by Crippen LogP contribution is -2.19. The van der Waals surface area contributed by atoms with Gasteiger partial charge in [-0.15, -0.1) is 11.3 Å². The minimum absolute atomic E-state index is 0.238. The summed E-state index contributed by atoms with van der Waals surface area (Å²) in [5, 5.41) is 5.37. The second kappa shape index (κ2) is 5.08. The van der Waals surface area contributed by atoms with E-state index in [1.54, 1.807) is 10.8 Å². The van der Waals surface area contributed by atoms with Gasteiger partial charge in [0.15, 0.2) is 0 Å². The highest BCUT2D eigenvalue weighted by Gasteiger charge is 2.12. The van der Waals surface area contributed by atoms with E-state index >= 15 is 0 Å². The van der Waals surface area contributed by atoms with Crippen LogP contribution in [0, 0.1) is 0 Å². The van der Waals surface area contributed by atoms with Gasteiger partial charge in [-0.3, -0.25) is 0 Å². The van der Waals surface area contributed by atoms with Crippen molar-refractivity contribution in [1.29, 1.82) is 0 Å². The summed E-state index contributed by atoms with van der Waals surface area (Å²) >= 11 is 1.88. The van der Waals surface area contributed by atoms with Gasteiger partial charge in [-0.2, -0.15) is 0 Å². The van der Waals surface area contributed by atoms with Crippen molar-refractivity contribution < 1.29 is 0 Å². The van der Waals surface area contributed by atoms with Crippen LogP contribution in [0.3, 0.4) is 0 Å². The lowest BCUT2D eigenvalue weighted by atomic mass is 10.1. The molecule has 0 spiro atoms. The summed E-state index contributed by atoms with van der Waals surface area (Å²) in [6.45, 7) is 2.38. The third kappa shape index (κ3) is 2.26. The van der Waals surface area contributed by atoms with Gasteiger partial charge in [0.1, 0.15) is 0 Å². The minimum Gasteiger partial charge on any atom is -0.144 e. The number of benzene rings is 2. The zero-order valence-corrected chi connectivity index (χ0v) is 12.7. The summed E-state index contributed by atoms with van der Waals surface area (Å²) in [5.41, 5.74) is 2.26. The fraction of sp³-hybridized carbons (Fsp3) is 0.125. The van der Waals surface area contributed by atoms with Gasteiger partial charge in [-0.25, -0.2) is 0 Å². The molecule has 0 fully saturated rings. The molecule has 2 heteroatoms. The first kappa shape index (κ1) is 11.7. The first-order chi connectivity index (χ1) is 8.84. The van der Waals surface area contributed by atoms with E-state index in [2.05, 4.69) is 66.9 Å². The fourth-order valence-electron chi connectivity index (χ4n) is 2.46. The molecule has 0 saturated heterocycles. The summed E-state index contributed by atoms with van der Waals surface area (Å²) in [5.74, 6) is 0. The van der Waals surface area contributed by atoms with Crippen LogP contribution in [0.15, 0.2) is 60.0 Å². The lowest BCUT2D eigenvalue weighted by molar-refractivity contribution is 1.10. The third-order valence-corrected chi connectivity index (χ3v) is 6.40. The molecule has 1 aromatic heterocycles. The van der Waals surface area contributed by atoms with E-state index < -0.39 is 0 Å². The van der Waals surface area contributed by atoms with Crippen molar-refractivity contribution in [3.05, 3.63) is 65.5 Å². The molecule has 1 heterocycles. The third-order valence-electron chi connectivity index (χ3n) is 3.43. The van der Waals surface area contributed by atoms with Gasteiger partial charge in [-0.05, 0) is 27.9 Å². The van der Waals surface area contributed by atoms with Crippen LogP contribution in [0.25, 0.3) is 10.1 Å². The van der Waals surface area contributed by atoms with Crippen LogP contribution < -0.4 is 5.19 Å². The zero-order valence-electron chi connectivity index (χ0n) is 10.5. The molecule has 3 rings (SSSR count). The second-order valence-electron chi connectivity index (χ2n) is 4.78. The van der Waals surface area contributed by atoms with Gasteiger partial charge in [-0.1, -0.05) is 60.6 Å². The van der Waals surface area contributed by atoms with Gasteiger partial charge in [0, 0.05) is 4.70 Å². The minimum atomic E-state index is -0.238. The maximum Gasteiger partial charge on any atom is 0.0621 e. The molecule has 1 atom stereocenters. The van der Waals surface area contributed by atoms with Crippen molar-refractivity contribution in [3.63, 3.8) is 0 Å². The molecule has 0 amide bonds. The Bertz CT molecular complexity index is 642. The van der Waals surface area contributed by atoms with Crippen LogP contribution >= 0.6 is 11.3 Å². The van der Waals surface area contributed by atoms with Crippen LogP contribution in [0.1, 0.15) is 18.0 Å². The van der Waals surface area contributed by atoms with Crippen LogP contribution in [0.2, 0.25) is 0 Å². The molecule has 0 nitrogen and oxygen atoms in total. The van der Waals surface area contributed by atoms with Crippen molar-refractivity contribution >= 4 is 36.1 Å². The number of fused-ring (bicyclic) bond motifs is 1. The summed E-state index contributed by atoms with van der Waals surface area (Å²) in [7, 11) is -0.238. The number of hydrogen-bond acceptors (Lipinski definition) is 1. The maximum atomic E-state index is 2.38. The van der Waals surface area contributed by atoms with Crippen molar-refractivity contribution in [2.24, 2.45) is 0 Å². The molecule has 0 aliphatic carbocycles. The first-order valence-electron chi connectivity index (χ1n) is 6.34. The smallest absolute Gasteiger partial charge is 0.0621 e. The SMILES string of the molecule is C[C@H]([SiH2]c1ccccc1)c1csc2ccccc12. The Morgan fingerprint density at radius 2 is 1.67 bits per heavy atom. The Morgan fingerprint density at radius 3 is 2.50 bits per heavy atom. The maximum absolute atomic E-state index is 2.38. The van der Waals surface area contributed by atoms with Crippen molar-refractivity contribution in [3.8, 4) is 0 Å². The fourth-order valence-corrected chi connectivity index (χ4v) is 5.52. The standard InChI is InChI=1S/C16H16SSi/c1-12(18-13-7-3-2-4-8-13)15-11-17-16-10-6-5-9-14(15)16/h2-12H,18H2,1H3/t12-/m0/s1. The number of thiophene rings is 1. The molecule has 0 saturated carbocycles. The highest BCUT2D eigenvalue weighted by molar-refractivity contribution is 7.17. The van der Waals surface area contributed by atoms with E-state index in [0.29, 0.717) is 5.54 Å². The molecule has 3 aromatic rings. The summed E-state index contributed by atoms with van der Waals surface area (Å²) in [6.07, 6.45) is 0. The predicted molar refractivity (Wildman–Crippen MR) is 84.9 cm³/mol. The normalized spacial score (nSPS) is 13.4. The van der Waals surface area contributed by atoms with E-state index in [1.807, 2.05) is 11.3 Å². The quantitative estimate of drug-likeness (QED) is 0.638. The second-order valence-corrected chi connectivity index (χ2v) is 8.14. The Morgan fingerprint density at radius 1 is 0.944 bits per heavy atom. The van der Waals surface area contributed by atoms with Crippen LogP contribution in [0.4, 0.5) is 0 Å². The predicted octanol–water partition coefficient (Wildman–Crippen LogP) is 3.46. The molecule has 2 aromatic carbocycles. The van der Waals surface area contributed by atoms with Crippen LogP contribution in [-0.2, 0) is 0 Å². The van der Waals surface area contributed by atoms with Gasteiger partial charge >= 0.3 is 0 Å². The van der Waals surface area contributed by atoms with Gasteiger partial charge in [0.2, 0.25) is 0 Å². The highest BCUT2D eigenvalue weighted by atomic mass is 32.1. The lowest BCUT2D eigenvalue weighted by Gasteiger charge is -2.10. The Hall–Kier alpha value is -1.38. The average molecular weight is 268 g/mol. The molecule has 0 N–H and O–H groups in total. The molecule has 0 bridgehead atoms. The highest BCUT2D eigenvalue weighted by Crippen LogP contribution is 2.30. The Balaban J connectivity index is 1.90. The van der Waals surface area contributed by atoms with E-state index in [4.69, 9.17) is 0 Å².